The maximum absolute atomic E-state index is 15.2. The quantitative estimate of drug-likeness (QED) is 0.407. The highest BCUT2D eigenvalue weighted by molar-refractivity contribution is 8.04. The number of carbonyl (C=O) groups excluding carboxylic acids is 1. The normalized spacial score (nSPS) is 24.9. The number of hydrogen-bond donors (Lipinski definition) is 5. The van der Waals surface area contributed by atoms with Gasteiger partial charge in [0.15, 0.2) is 0 Å². The molecule has 1 aromatic carbocycles. The molecular weight excluding hydrogens is 475 g/mol. The molecule has 4 rings (SSSR count). The van der Waals surface area contributed by atoms with Gasteiger partial charge in [-0.1, -0.05) is 0 Å². The number of benzene rings is 1. The standard InChI is InChI=1S/C23H25FN6O4S/c1-22(2)20(29-21(32)33)30-23(3,18-8-9-27-35(18,22)34)15-10-14(5-6-16(15)24)28-19(31)17-7-4-13(11-25)12-26-17/h4-7,10,12,18,35H,8-9H2,1-3H3,(H,27,34)(H,28,31)(H,29,30)(H,32,33)/t18-,23+/m0/s1. The first-order valence-electron chi connectivity index (χ1n) is 10.8. The first-order chi connectivity index (χ1) is 16.4. The number of nitrogens with one attached hydrogen (secondary N) is 3. The summed E-state index contributed by atoms with van der Waals surface area (Å²) in [6.45, 7) is 5.36. The van der Waals surface area contributed by atoms with Crippen molar-refractivity contribution in [2.75, 3.05) is 11.9 Å². The predicted molar refractivity (Wildman–Crippen MR) is 129 cm³/mol. The molecular formula is C23H25FN6O4S. The maximum Gasteiger partial charge on any atom is 0.410 e. The Morgan fingerprint density at radius 3 is 2.63 bits per heavy atom. The number of halogens is 1. The van der Waals surface area contributed by atoms with Gasteiger partial charge < -0.3 is 10.4 Å². The van der Waals surface area contributed by atoms with Crippen molar-refractivity contribution < 1.29 is 23.3 Å². The Hall–Kier alpha value is -3.69. The van der Waals surface area contributed by atoms with Crippen molar-refractivity contribution in [2.24, 2.45) is 4.99 Å². The van der Waals surface area contributed by atoms with Crippen molar-refractivity contribution in [1.29, 1.82) is 5.26 Å². The van der Waals surface area contributed by atoms with E-state index in [-0.39, 0.29) is 22.8 Å². The molecule has 184 valence electrons. The molecule has 2 aliphatic rings. The summed E-state index contributed by atoms with van der Waals surface area (Å²) in [7, 11) is -3.29. The van der Waals surface area contributed by atoms with Gasteiger partial charge in [0.1, 0.15) is 29.0 Å². The number of thiol groups is 1. The predicted octanol–water partition coefficient (Wildman–Crippen LogP) is 2.31. The maximum atomic E-state index is 15.2. The summed E-state index contributed by atoms with van der Waals surface area (Å²) >= 11 is 0. The number of amidine groups is 1. The SMILES string of the molecule is CC1(C)C(NC(=O)O)=N[C@](C)(c2cc(NC(=O)c3ccc(C#N)cn3)ccc2F)[C@@H]2CCN[SH]21=O. The molecule has 2 aromatic rings. The average Bonchev–Trinajstić information content (AvgIpc) is 3.23. The number of carbonyl (C=O) groups is 2. The van der Waals surface area contributed by atoms with Gasteiger partial charge in [-0.05, 0) is 67.6 Å². The second-order valence-electron chi connectivity index (χ2n) is 9.16. The number of fused-ring (bicyclic) bond motifs is 1. The lowest BCUT2D eigenvalue weighted by molar-refractivity contribution is 0.102. The van der Waals surface area contributed by atoms with E-state index in [1.165, 1.54) is 36.5 Å². The Balaban J connectivity index is 1.77. The van der Waals surface area contributed by atoms with Crippen LogP contribution in [-0.2, 0) is 15.7 Å². The molecule has 2 aliphatic heterocycles. The minimum atomic E-state index is -3.29. The Labute approximate surface area is 202 Å². The molecule has 12 heteroatoms. The molecule has 0 unspecified atom stereocenters. The fraction of sp³-hybridized carbons (Fsp3) is 0.348. The number of amides is 2. The second-order valence-corrected chi connectivity index (χ2v) is 12.5. The molecule has 10 nitrogen and oxygen atoms in total. The van der Waals surface area contributed by atoms with E-state index < -0.39 is 43.5 Å². The largest absolute Gasteiger partial charge is 0.465 e. The van der Waals surface area contributed by atoms with Crippen LogP contribution in [0.25, 0.3) is 0 Å². The lowest BCUT2D eigenvalue weighted by Gasteiger charge is -2.51. The number of nitrogens with zero attached hydrogens (tertiary/aromatic N) is 3. The number of hydrogen-bond acceptors (Lipinski definition) is 6. The van der Waals surface area contributed by atoms with Crippen molar-refractivity contribution in [2.45, 2.75) is 42.7 Å². The van der Waals surface area contributed by atoms with Crippen LogP contribution in [0.2, 0.25) is 0 Å². The first kappa shape index (κ1) is 24.4. The highest BCUT2D eigenvalue weighted by atomic mass is 32.3. The highest BCUT2D eigenvalue weighted by Gasteiger charge is 2.59. The molecule has 1 fully saturated rings. The molecule has 1 saturated heterocycles. The van der Waals surface area contributed by atoms with Crippen molar-refractivity contribution >= 4 is 33.6 Å². The van der Waals surface area contributed by atoms with Crippen LogP contribution in [0.1, 0.15) is 48.8 Å². The van der Waals surface area contributed by atoms with Gasteiger partial charge in [-0.15, -0.1) is 0 Å². The lowest BCUT2D eigenvalue weighted by Crippen LogP contribution is -2.65. The number of aromatic nitrogens is 1. The Bertz CT molecular complexity index is 1340. The molecule has 35 heavy (non-hydrogen) atoms. The molecule has 0 aliphatic carbocycles. The molecule has 0 radical (unpaired) electrons. The summed E-state index contributed by atoms with van der Waals surface area (Å²) in [6, 6.07) is 8.75. The zero-order chi connectivity index (χ0) is 25.6. The third-order valence-corrected chi connectivity index (χ3v) is 10.9. The third kappa shape index (κ3) is 3.96. The van der Waals surface area contributed by atoms with Gasteiger partial charge in [-0.2, -0.15) is 5.26 Å². The smallest absolute Gasteiger partial charge is 0.410 e. The van der Waals surface area contributed by atoms with Crippen molar-refractivity contribution in [3.8, 4) is 6.07 Å². The van der Waals surface area contributed by atoms with Crippen LogP contribution >= 0.6 is 0 Å². The van der Waals surface area contributed by atoms with Crippen LogP contribution in [0.5, 0.6) is 0 Å². The third-order valence-electron chi connectivity index (χ3n) is 6.73. The topological polar surface area (TPSA) is 157 Å². The summed E-state index contributed by atoms with van der Waals surface area (Å²) in [4.78, 5) is 32.7. The van der Waals surface area contributed by atoms with Crippen LogP contribution in [0.15, 0.2) is 41.5 Å². The average molecular weight is 501 g/mol. The summed E-state index contributed by atoms with van der Waals surface area (Å²) < 4.78 is 31.4. The van der Waals surface area contributed by atoms with E-state index in [9.17, 15) is 18.9 Å². The van der Waals surface area contributed by atoms with Gasteiger partial charge >= 0.3 is 6.09 Å². The van der Waals surface area contributed by atoms with E-state index in [1.54, 1.807) is 20.8 Å². The Morgan fingerprint density at radius 1 is 1.26 bits per heavy atom. The molecule has 2 atom stereocenters. The van der Waals surface area contributed by atoms with Crippen LogP contribution in [0.3, 0.4) is 0 Å². The van der Waals surface area contributed by atoms with E-state index in [2.05, 4.69) is 25.3 Å². The fourth-order valence-corrected chi connectivity index (χ4v) is 8.46. The summed E-state index contributed by atoms with van der Waals surface area (Å²) in [6.07, 6.45) is 0.359. The number of aliphatic imine (C=N–C) groups is 1. The van der Waals surface area contributed by atoms with Crippen molar-refractivity contribution in [3.05, 3.63) is 59.2 Å². The molecule has 0 bridgehead atoms. The van der Waals surface area contributed by atoms with Crippen LogP contribution in [0.4, 0.5) is 14.9 Å². The zero-order valence-electron chi connectivity index (χ0n) is 19.3. The number of pyridine rings is 1. The number of anilines is 1. The fourth-order valence-electron chi connectivity index (χ4n) is 4.78. The van der Waals surface area contributed by atoms with Gasteiger partial charge in [0.25, 0.3) is 5.91 Å². The number of rotatable bonds is 3. The molecule has 1 aromatic heterocycles. The van der Waals surface area contributed by atoms with Crippen LogP contribution in [-0.4, -0.2) is 48.7 Å². The van der Waals surface area contributed by atoms with Gasteiger partial charge in [0.05, 0.1) is 15.6 Å². The Morgan fingerprint density at radius 2 is 2.00 bits per heavy atom. The minimum Gasteiger partial charge on any atom is -0.465 e. The lowest BCUT2D eigenvalue weighted by atomic mass is 9.85. The van der Waals surface area contributed by atoms with E-state index in [0.717, 1.165) is 0 Å². The van der Waals surface area contributed by atoms with Crippen LogP contribution < -0.4 is 15.4 Å². The van der Waals surface area contributed by atoms with Gasteiger partial charge in [0, 0.05) is 24.0 Å². The number of carboxylic acid groups (broad SMARTS) is 1. The highest BCUT2D eigenvalue weighted by Crippen LogP contribution is 2.49. The van der Waals surface area contributed by atoms with Crippen molar-refractivity contribution in [3.63, 3.8) is 0 Å². The second kappa shape index (κ2) is 8.51. The van der Waals surface area contributed by atoms with Gasteiger partial charge in [-0.3, -0.25) is 24.0 Å². The van der Waals surface area contributed by atoms with E-state index in [4.69, 9.17) is 5.26 Å². The van der Waals surface area contributed by atoms with Gasteiger partial charge in [0.2, 0.25) is 0 Å². The Kier molecular flexibility index (Phi) is 5.94. The summed E-state index contributed by atoms with van der Waals surface area (Å²) in [5.41, 5.74) is -0.665. The molecule has 2 amide bonds. The van der Waals surface area contributed by atoms with E-state index in [0.29, 0.717) is 18.5 Å². The first-order valence-corrected chi connectivity index (χ1v) is 12.6. The van der Waals surface area contributed by atoms with E-state index >= 15 is 4.39 Å². The van der Waals surface area contributed by atoms with Gasteiger partial charge in [-0.25, -0.2) is 14.2 Å². The zero-order valence-corrected chi connectivity index (χ0v) is 20.2. The van der Waals surface area contributed by atoms with Crippen LogP contribution in [0, 0.1) is 17.1 Å². The minimum absolute atomic E-state index is 0.0166. The van der Waals surface area contributed by atoms with Crippen molar-refractivity contribution in [1.82, 2.24) is 15.0 Å². The summed E-state index contributed by atoms with van der Waals surface area (Å²) in [5.74, 6) is -1.21. The number of nitriles is 1. The molecule has 3 heterocycles. The van der Waals surface area contributed by atoms with E-state index in [1.807, 2.05) is 6.07 Å². The summed E-state index contributed by atoms with van der Waals surface area (Å²) in [5, 5.41) is 22.6. The molecule has 0 spiro atoms. The molecule has 0 saturated carbocycles. The molecule has 4 N–H and O–H groups in total. The monoisotopic (exact) mass is 500 g/mol.